The van der Waals surface area contributed by atoms with Crippen LogP contribution in [0.5, 0.6) is 0 Å². The second kappa shape index (κ2) is 6.78. The van der Waals surface area contributed by atoms with Gasteiger partial charge in [0.05, 0.1) is 0 Å². The molecule has 0 aliphatic rings. The molecule has 1 aromatic carbocycles. The van der Waals surface area contributed by atoms with Gasteiger partial charge in [-0.2, -0.15) is 0 Å². The molecule has 0 aliphatic heterocycles. The summed E-state index contributed by atoms with van der Waals surface area (Å²) in [4.78, 5) is 13.1. The topological polar surface area (TPSA) is 44.4 Å². The Labute approximate surface area is 103 Å². The number of anilines is 2. The lowest BCUT2D eigenvalue weighted by molar-refractivity contribution is -0.120. The van der Waals surface area contributed by atoms with E-state index in [1.165, 1.54) is 5.69 Å². The van der Waals surface area contributed by atoms with Crippen LogP contribution in [0.25, 0.3) is 0 Å². The standard InChI is InChI=1S/C13H21N3O/c1-14-13(17)8-5-9-15-11-6-4-7-12(10-11)16(2)3/h4,6-7,10,15H,5,8-9H2,1-3H3,(H,14,17). The van der Waals surface area contributed by atoms with Crippen LogP contribution >= 0.6 is 0 Å². The van der Waals surface area contributed by atoms with Crippen molar-refractivity contribution in [1.29, 1.82) is 0 Å². The van der Waals surface area contributed by atoms with Crippen molar-refractivity contribution in [1.82, 2.24) is 5.32 Å². The van der Waals surface area contributed by atoms with Crippen molar-refractivity contribution in [3.8, 4) is 0 Å². The summed E-state index contributed by atoms with van der Waals surface area (Å²) in [5.41, 5.74) is 2.26. The fourth-order valence-electron chi connectivity index (χ4n) is 1.50. The largest absolute Gasteiger partial charge is 0.385 e. The number of nitrogens with zero attached hydrogens (tertiary/aromatic N) is 1. The summed E-state index contributed by atoms with van der Waals surface area (Å²) in [5, 5.41) is 5.93. The van der Waals surface area contributed by atoms with Gasteiger partial charge in [0.25, 0.3) is 0 Å². The van der Waals surface area contributed by atoms with Crippen LogP contribution in [0.4, 0.5) is 11.4 Å². The smallest absolute Gasteiger partial charge is 0.219 e. The third kappa shape index (κ3) is 4.76. The van der Waals surface area contributed by atoms with Crippen LogP contribution in [0.3, 0.4) is 0 Å². The van der Waals surface area contributed by atoms with Crippen LogP contribution in [-0.2, 0) is 4.79 Å². The van der Waals surface area contributed by atoms with E-state index in [0.717, 1.165) is 18.7 Å². The van der Waals surface area contributed by atoms with Crippen molar-refractivity contribution in [2.24, 2.45) is 0 Å². The van der Waals surface area contributed by atoms with E-state index >= 15 is 0 Å². The zero-order valence-corrected chi connectivity index (χ0v) is 10.8. The van der Waals surface area contributed by atoms with Gasteiger partial charge >= 0.3 is 0 Å². The Morgan fingerprint density at radius 2 is 2.12 bits per heavy atom. The van der Waals surface area contributed by atoms with Crippen LogP contribution in [0.2, 0.25) is 0 Å². The van der Waals surface area contributed by atoms with Crippen LogP contribution < -0.4 is 15.5 Å². The molecule has 0 saturated carbocycles. The van der Waals surface area contributed by atoms with Gasteiger partial charge in [0.1, 0.15) is 0 Å². The summed E-state index contributed by atoms with van der Waals surface area (Å²) in [6.07, 6.45) is 1.41. The highest BCUT2D eigenvalue weighted by Gasteiger charge is 1.99. The Morgan fingerprint density at radius 1 is 1.35 bits per heavy atom. The molecule has 1 rings (SSSR count). The van der Waals surface area contributed by atoms with Crippen molar-refractivity contribution >= 4 is 17.3 Å². The summed E-state index contributed by atoms with van der Waals surface area (Å²) in [7, 11) is 5.70. The van der Waals surface area contributed by atoms with E-state index in [0.29, 0.717) is 6.42 Å². The van der Waals surface area contributed by atoms with Crippen molar-refractivity contribution in [3.63, 3.8) is 0 Å². The minimum atomic E-state index is 0.0915. The first-order chi connectivity index (χ1) is 8.13. The molecule has 17 heavy (non-hydrogen) atoms. The minimum absolute atomic E-state index is 0.0915. The van der Waals surface area contributed by atoms with Crippen molar-refractivity contribution in [3.05, 3.63) is 24.3 Å². The van der Waals surface area contributed by atoms with Gasteiger partial charge < -0.3 is 15.5 Å². The van der Waals surface area contributed by atoms with Gasteiger partial charge in [-0.15, -0.1) is 0 Å². The number of carbonyl (C=O) groups is 1. The number of rotatable bonds is 6. The van der Waals surface area contributed by atoms with Gasteiger partial charge in [-0.1, -0.05) is 6.07 Å². The van der Waals surface area contributed by atoms with Gasteiger partial charge in [-0.05, 0) is 24.6 Å². The molecule has 1 amide bonds. The van der Waals surface area contributed by atoms with Crippen LogP contribution in [0.15, 0.2) is 24.3 Å². The Kier molecular flexibility index (Phi) is 5.33. The summed E-state index contributed by atoms with van der Waals surface area (Å²) in [6, 6.07) is 8.22. The number of hydrogen-bond acceptors (Lipinski definition) is 3. The van der Waals surface area contributed by atoms with E-state index in [1.807, 2.05) is 26.2 Å². The van der Waals surface area contributed by atoms with Gasteiger partial charge in [0.15, 0.2) is 0 Å². The van der Waals surface area contributed by atoms with Crippen molar-refractivity contribution in [2.45, 2.75) is 12.8 Å². The number of carbonyl (C=O) groups excluding carboxylic acids is 1. The van der Waals surface area contributed by atoms with Crippen molar-refractivity contribution in [2.75, 3.05) is 37.9 Å². The first-order valence-electron chi connectivity index (χ1n) is 5.85. The first kappa shape index (κ1) is 13.4. The molecule has 2 N–H and O–H groups in total. The average molecular weight is 235 g/mol. The molecule has 94 valence electrons. The summed E-state index contributed by atoms with van der Waals surface area (Å²) in [5.74, 6) is 0.0915. The summed E-state index contributed by atoms with van der Waals surface area (Å²) < 4.78 is 0. The predicted octanol–water partition coefficient (Wildman–Crippen LogP) is 1.69. The zero-order chi connectivity index (χ0) is 12.7. The predicted molar refractivity (Wildman–Crippen MR) is 72.6 cm³/mol. The van der Waals surface area contributed by atoms with Crippen molar-refractivity contribution < 1.29 is 4.79 Å². The normalized spacial score (nSPS) is 9.82. The highest BCUT2D eigenvalue weighted by atomic mass is 16.1. The molecular weight excluding hydrogens is 214 g/mol. The van der Waals surface area contributed by atoms with Crippen LogP contribution in [-0.4, -0.2) is 33.6 Å². The van der Waals surface area contributed by atoms with E-state index < -0.39 is 0 Å². The lowest BCUT2D eigenvalue weighted by Crippen LogP contribution is -2.18. The zero-order valence-electron chi connectivity index (χ0n) is 10.8. The molecule has 0 bridgehead atoms. The van der Waals surface area contributed by atoms with E-state index in [1.54, 1.807) is 7.05 Å². The maximum absolute atomic E-state index is 11.0. The molecule has 0 spiro atoms. The molecule has 1 aromatic rings. The molecule has 0 aromatic heterocycles. The molecule has 0 fully saturated rings. The fourth-order valence-corrected chi connectivity index (χ4v) is 1.50. The van der Waals surface area contributed by atoms with Gasteiger partial charge in [0, 0.05) is 45.5 Å². The molecule has 0 heterocycles. The molecule has 4 nitrogen and oxygen atoms in total. The minimum Gasteiger partial charge on any atom is -0.385 e. The third-order valence-electron chi connectivity index (χ3n) is 2.55. The Hall–Kier alpha value is -1.71. The maximum atomic E-state index is 11.0. The van der Waals surface area contributed by atoms with Gasteiger partial charge in [0.2, 0.25) is 5.91 Å². The summed E-state index contributed by atoms with van der Waals surface area (Å²) in [6.45, 7) is 0.810. The number of benzene rings is 1. The number of amides is 1. The Balaban J connectivity index is 2.36. The summed E-state index contributed by atoms with van der Waals surface area (Å²) >= 11 is 0. The van der Waals surface area contributed by atoms with E-state index in [-0.39, 0.29) is 5.91 Å². The molecular formula is C13H21N3O. The first-order valence-corrected chi connectivity index (χ1v) is 5.85. The second-order valence-corrected chi connectivity index (χ2v) is 4.15. The highest BCUT2D eigenvalue weighted by Crippen LogP contribution is 2.17. The average Bonchev–Trinajstić information content (AvgIpc) is 2.34. The highest BCUT2D eigenvalue weighted by molar-refractivity contribution is 5.75. The number of hydrogen-bond donors (Lipinski definition) is 2. The SMILES string of the molecule is CNC(=O)CCCNc1cccc(N(C)C)c1. The van der Waals surface area contributed by atoms with E-state index in [4.69, 9.17) is 0 Å². The number of nitrogens with one attached hydrogen (secondary N) is 2. The van der Waals surface area contributed by atoms with Gasteiger partial charge in [-0.25, -0.2) is 0 Å². The van der Waals surface area contributed by atoms with E-state index in [2.05, 4.69) is 27.7 Å². The van der Waals surface area contributed by atoms with E-state index in [9.17, 15) is 4.79 Å². The molecule has 0 radical (unpaired) electrons. The molecule has 4 heteroatoms. The molecule has 0 aliphatic carbocycles. The fraction of sp³-hybridized carbons (Fsp3) is 0.462. The second-order valence-electron chi connectivity index (χ2n) is 4.15. The monoisotopic (exact) mass is 235 g/mol. The third-order valence-corrected chi connectivity index (χ3v) is 2.55. The molecule has 0 atom stereocenters. The lowest BCUT2D eigenvalue weighted by Gasteiger charge is -2.14. The Bertz CT molecular complexity index is 363. The quantitative estimate of drug-likeness (QED) is 0.738. The van der Waals surface area contributed by atoms with Gasteiger partial charge in [-0.3, -0.25) is 4.79 Å². The van der Waals surface area contributed by atoms with Crippen LogP contribution in [0, 0.1) is 0 Å². The molecule has 0 saturated heterocycles. The van der Waals surface area contributed by atoms with Crippen LogP contribution in [0.1, 0.15) is 12.8 Å². The Morgan fingerprint density at radius 3 is 2.76 bits per heavy atom. The molecule has 0 unspecified atom stereocenters. The maximum Gasteiger partial charge on any atom is 0.219 e. The lowest BCUT2D eigenvalue weighted by atomic mass is 10.2.